The fourth-order valence-electron chi connectivity index (χ4n) is 2.56. The van der Waals surface area contributed by atoms with Crippen LogP contribution in [-0.2, 0) is 0 Å². The topological polar surface area (TPSA) is 48.7 Å². The lowest BCUT2D eigenvalue weighted by atomic mass is 9.84. The van der Waals surface area contributed by atoms with Crippen LogP contribution in [0.1, 0.15) is 44.7 Å². The molecular weight excluding hydrogens is 210 g/mol. The molecule has 1 saturated carbocycles. The third-order valence-corrected chi connectivity index (χ3v) is 3.63. The molecule has 90 valence electrons. The van der Waals surface area contributed by atoms with Gasteiger partial charge in [0.2, 0.25) is 0 Å². The summed E-state index contributed by atoms with van der Waals surface area (Å²) in [7, 11) is 0. The van der Waals surface area contributed by atoms with E-state index in [1.165, 1.54) is 32.1 Å². The van der Waals surface area contributed by atoms with E-state index in [0.717, 1.165) is 11.6 Å². The highest BCUT2D eigenvalue weighted by Gasteiger charge is 2.19. The summed E-state index contributed by atoms with van der Waals surface area (Å²) in [4.78, 5) is 4.07. The molecule has 0 radical (unpaired) electrons. The zero-order valence-electron chi connectivity index (χ0n) is 10.3. The van der Waals surface area contributed by atoms with Gasteiger partial charge in [0.15, 0.2) is 0 Å². The number of hydrogen-bond donors (Lipinski definition) is 1. The van der Waals surface area contributed by atoms with Gasteiger partial charge in [0.1, 0.15) is 11.8 Å². The molecule has 1 aliphatic carbocycles. The van der Waals surface area contributed by atoms with Gasteiger partial charge in [-0.05, 0) is 37.8 Å². The van der Waals surface area contributed by atoms with Crippen LogP contribution in [0.15, 0.2) is 18.3 Å². The minimum absolute atomic E-state index is 0.473. The molecule has 1 aromatic rings. The third kappa shape index (κ3) is 3.20. The summed E-state index contributed by atoms with van der Waals surface area (Å²) in [5, 5.41) is 12.2. The molecular formula is C14H19N3. The maximum atomic E-state index is 8.68. The van der Waals surface area contributed by atoms with Crippen molar-refractivity contribution in [3.05, 3.63) is 24.0 Å². The Morgan fingerprint density at radius 3 is 2.71 bits per heavy atom. The van der Waals surface area contributed by atoms with Crippen molar-refractivity contribution in [2.24, 2.45) is 5.92 Å². The van der Waals surface area contributed by atoms with Crippen LogP contribution in [0.25, 0.3) is 0 Å². The number of hydrogen-bond acceptors (Lipinski definition) is 3. The van der Waals surface area contributed by atoms with E-state index >= 15 is 0 Å². The summed E-state index contributed by atoms with van der Waals surface area (Å²) in [6.45, 7) is 2.24. The summed E-state index contributed by atoms with van der Waals surface area (Å²) in [6, 6.07) is 6.22. The lowest BCUT2D eigenvalue weighted by molar-refractivity contribution is 0.328. The first-order valence-electron chi connectivity index (χ1n) is 6.42. The first-order valence-corrected chi connectivity index (χ1v) is 6.42. The van der Waals surface area contributed by atoms with Crippen molar-refractivity contribution in [2.45, 2.75) is 45.1 Å². The number of pyridine rings is 1. The highest BCUT2D eigenvalue weighted by Crippen LogP contribution is 2.27. The van der Waals surface area contributed by atoms with Crippen molar-refractivity contribution in [1.29, 1.82) is 5.26 Å². The maximum absolute atomic E-state index is 8.68. The minimum Gasteiger partial charge on any atom is -0.381 e. The number of rotatable bonds is 3. The molecule has 1 atom stereocenters. The molecule has 0 aromatic carbocycles. The number of anilines is 1. The first kappa shape index (κ1) is 11.9. The van der Waals surface area contributed by atoms with Crippen molar-refractivity contribution in [3.8, 4) is 6.07 Å². The second kappa shape index (κ2) is 5.67. The third-order valence-electron chi connectivity index (χ3n) is 3.63. The van der Waals surface area contributed by atoms with Crippen molar-refractivity contribution in [2.75, 3.05) is 5.32 Å². The molecule has 0 saturated heterocycles. The molecule has 1 aliphatic rings. The lowest BCUT2D eigenvalue weighted by Gasteiger charge is -2.28. The van der Waals surface area contributed by atoms with Crippen LogP contribution >= 0.6 is 0 Å². The van der Waals surface area contributed by atoms with Crippen LogP contribution in [0, 0.1) is 17.2 Å². The summed E-state index contributed by atoms with van der Waals surface area (Å²) in [5.74, 6) is 0.777. The molecule has 17 heavy (non-hydrogen) atoms. The molecule has 1 heterocycles. The SMILES string of the molecule is CC(Nc1ccc(C#N)nc1)C1CCCCC1. The molecule has 1 N–H and O–H groups in total. The molecule has 0 spiro atoms. The summed E-state index contributed by atoms with van der Waals surface area (Å²) in [6.07, 6.45) is 8.53. The van der Waals surface area contributed by atoms with Crippen molar-refractivity contribution in [3.63, 3.8) is 0 Å². The molecule has 1 aromatic heterocycles. The summed E-state index contributed by atoms with van der Waals surface area (Å²) in [5.41, 5.74) is 1.49. The van der Waals surface area contributed by atoms with Gasteiger partial charge in [-0.2, -0.15) is 5.26 Å². The summed E-state index contributed by atoms with van der Waals surface area (Å²) < 4.78 is 0. The van der Waals surface area contributed by atoms with E-state index < -0.39 is 0 Å². The fourth-order valence-corrected chi connectivity index (χ4v) is 2.56. The van der Waals surface area contributed by atoms with Gasteiger partial charge >= 0.3 is 0 Å². The van der Waals surface area contributed by atoms with Crippen LogP contribution in [0.2, 0.25) is 0 Å². The average Bonchev–Trinajstić information content (AvgIpc) is 2.40. The largest absolute Gasteiger partial charge is 0.381 e. The van der Waals surface area contributed by atoms with E-state index in [2.05, 4.69) is 17.2 Å². The van der Waals surface area contributed by atoms with Crippen molar-refractivity contribution < 1.29 is 0 Å². The van der Waals surface area contributed by atoms with Crippen molar-refractivity contribution >= 4 is 5.69 Å². The van der Waals surface area contributed by atoms with Gasteiger partial charge in [-0.3, -0.25) is 0 Å². The van der Waals surface area contributed by atoms with Gasteiger partial charge in [-0.1, -0.05) is 19.3 Å². The number of nitrogens with one attached hydrogen (secondary N) is 1. The van der Waals surface area contributed by atoms with Crippen LogP contribution < -0.4 is 5.32 Å². The zero-order chi connectivity index (χ0) is 12.1. The Bertz CT molecular complexity index is 385. The highest BCUT2D eigenvalue weighted by atomic mass is 14.9. The van der Waals surface area contributed by atoms with E-state index in [0.29, 0.717) is 11.7 Å². The van der Waals surface area contributed by atoms with E-state index in [4.69, 9.17) is 5.26 Å². The molecule has 0 bridgehead atoms. The minimum atomic E-state index is 0.473. The van der Waals surface area contributed by atoms with E-state index in [-0.39, 0.29) is 0 Å². The van der Waals surface area contributed by atoms with E-state index in [1.807, 2.05) is 12.1 Å². The molecule has 0 aliphatic heterocycles. The van der Waals surface area contributed by atoms with Crippen molar-refractivity contribution in [1.82, 2.24) is 4.98 Å². The lowest BCUT2D eigenvalue weighted by Crippen LogP contribution is -2.27. The maximum Gasteiger partial charge on any atom is 0.140 e. The molecule has 1 unspecified atom stereocenters. The number of aromatic nitrogens is 1. The molecule has 1 fully saturated rings. The Balaban J connectivity index is 1.92. The van der Waals surface area contributed by atoms with E-state index in [9.17, 15) is 0 Å². The molecule has 3 nitrogen and oxygen atoms in total. The first-order chi connectivity index (χ1) is 8.29. The monoisotopic (exact) mass is 229 g/mol. The Hall–Kier alpha value is -1.56. The predicted molar refractivity (Wildman–Crippen MR) is 68.6 cm³/mol. The van der Waals surface area contributed by atoms with Gasteiger partial charge in [0.25, 0.3) is 0 Å². The predicted octanol–water partition coefficient (Wildman–Crippen LogP) is 3.33. The van der Waals surface area contributed by atoms with E-state index in [1.54, 1.807) is 12.3 Å². The average molecular weight is 229 g/mol. The van der Waals surface area contributed by atoms with Crippen LogP contribution in [-0.4, -0.2) is 11.0 Å². The normalized spacial score (nSPS) is 18.4. The van der Waals surface area contributed by atoms with Gasteiger partial charge < -0.3 is 5.32 Å². The Kier molecular flexibility index (Phi) is 3.98. The molecule has 3 heteroatoms. The highest BCUT2D eigenvalue weighted by molar-refractivity contribution is 5.43. The van der Waals surface area contributed by atoms with Gasteiger partial charge in [0.05, 0.1) is 11.9 Å². The van der Waals surface area contributed by atoms with Crippen LogP contribution in [0.3, 0.4) is 0 Å². The zero-order valence-corrected chi connectivity index (χ0v) is 10.3. The second-order valence-corrected chi connectivity index (χ2v) is 4.88. The Labute approximate surface area is 103 Å². The van der Waals surface area contributed by atoms with Gasteiger partial charge in [0, 0.05) is 6.04 Å². The number of nitrogens with zero attached hydrogens (tertiary/aromatic N) is 2. The molecule has 2 rings (SSSR count). The fraction of sp³-hybridized carbons (Fsp3) is 0.571. The molecule has 0 amide bonds. The Morgan fingerprint density at radius 2 is 2.12 bits per heavy atom. The quantitative estimate of drug-likeness (QED) is 0.864. The smallest absolute Gasteiger partial charge is 0.140 e. The van der Waals surface area contributed by atoms with Crippen LogP contribution in [0.4, 0.5) is 5.69 Å². The standard InChI is InChI=1S/C14H19N3/c1-11(12-5-3-2-4-6-12)17-14-8-7-13(9-15)16-10-14/h7-8,10-12,17H,2-6H2,1H3. The Morgan fingerprint density at radius 1 is 1.35 bits per heavy atom. The second-order valence-electron chi connectivity index (χ2n) is 4.88. The van der Waals surface area contributed by atoms with Gasteiger partial charge in [-0.15, -0.1) is 0 Å². The van der Waals surface area contributed by atoms with Crippen LogP contribution in [0.5, 0.6) is 0 Å². The number of nitriles is 1. The summed E-state index contributed by atoms with van der Waals surface area (Å²) >= 11 is 0. The van der Waals surface area contributed by atoms with Gasteiger partial charge in [-0.25, -0.2) is 4.98 Å².